The molecular weight excluding hydrogens is 368 g/mol. The van der Waals surface area contributed by atoms with Gasteiger partial charge in [0.1, 0.15) is 5.00 Å². The second kappa shape index (κ2) is 7.46. The molecule has 26 heavy (non-hydrogen) atoms. The number of hydrogen-bond acceptors (Lipinski definition) is 7. The number of hydrogen-bond donors (Lipinski definition) is 2. The lowest BCUT2D eigenvalue weighted by atomic mass is 10.2. The van der Waals surface area contributed by atoms with Crippen LogP contribution in [0.1, 0.15) is 10.4 Å². The number of rotatable bonds is 5. The molecule has 0 unspecified atom stereocenters. The fourth-order valence-electron chi connectivity index (χ4n) is 2.23. The van der Waals surface area contributed by atoms with E-state index in [0.29, 0.717) is 16.4 Å². The van der Waals surface area contributed by atoms with Crippen LogP contribution in [-0.4, -0.2) is 31.5 Å². The number of amides is 1. The van der Waals surface area contributed by atoms with Gasteiger partial charge in [0.2, 0.25) is 0 Å². The quantitative estimate of drug-likeness (QED) is 0.548. The molecule has 0 fully saturated rings. The fraction of sp³-hybridized carbons (Fsp3) is 0. The average molecular weight is 380 g/mol. The number of thiazole rings is 1. The van der Waals surface area contributed by atoms with Crippen LogP contribution in [0.3, 0.4) is 0 Å². The number of nitrogens with one attached hydrogen (secondary N) is 2. The van der Waals surface area contributed by atoms with Crippen molar-refractivity contribution < 1.29 is 4.79 Å². The van der Waals surface area contributed by atoms with Crippen molar-refractivity contribution >= 4 is 34.0 Å². The molecule has 0 bridgehead atoms. The Morgan fingerprint density at radius 3 is 2.81 bits per heavy atom. The number of carbonyl (C=O) groups is 1. The predicted molar refractivity (Wildman–Crippen MR) is 100 cm³/mol. The summed E-state index contributed by atoms with van der Waals surface area (Å²) < 4.78 is 0.834. The van der Waals surface area contributed by atoms with Crippen LogP contribution in [0.5, 0.6) is 0 Å². The zero-order chi connectivity index (χ0) is 17.8. The number of tetrazole rings is 1. The molecule has 7 nitrogen and oxygen atoms in total. The van der Waals surface area contributed by atoms with Crippen molar-refractivity contribution in [1.29, 1.82) is 0 Å². The summed E-state index contributed by atoms with van der Waals surface area (Å²) in [7, 11) is 0. The van der Waals surface area contributed by atoms with E-state index >= 15 is 0 Å². The molecule has 9 heteroatoms. The van der Waals surface area contributed by atoms with Crippen molar-refractivity contribution in [2.24, 2.45) is 0 Å². The lowest BCUT2D eigenvalue weighted by Gasteiger charge is -2.01. The van der Waals surface area contributed by atoms with Gasteiger partial charge in [-0.3, -0.25) is 4.79 Å². The van der Waals surface area contributed by atoms with Gasteiger partial charge in [0.05, 0.1) is 6.20 Å². The molecule has 0 aliphatic rings. The number of anilines is 1. The molecule has 2 aromatic carbocycles. The Kier molecular flexibility index (Phi) is 4.71. The van der Waals surface area contributed by atoms with E-state index in [9.17, 15) is 4.79 Å². The van der Waals surface area contributed by atoms with Crippen LogP contribution in [0, 0.1) is 0 Å². The normalized spacial score (nSPS) is 10.6. The van der Waals surface area contributed by atoms with Crippen LogP contribution in [0.25, 0.3) is 11.4 Å². The maximum Gasteiger partial charge on any atom is 0.256 e. The lowest BCUT2D eigenvalue weighted by molar-refractivity contribution is 0.102. The molecule has 0 saturated heterocycles. The summed E-state index contributed by atoms with van der Waals surface area (Å²) in [6, 6.07) is 16.9. The van der Waals surface area contributed by atoms with Gasteiger partial charge in [-0.05, 0) is 34.7 Å². The van der Waals surface area contributed by atoms with Crippen molar-refractivity contribution in [2.45, 2.75) is 9.24 Å². The molecular formula is C17H12N6OS2. The van der Waals surface area contributed by atoms with Gasteiger partial charge in [-0.25, -0.2) is 10.1 Å². The molecule has 0 aliphatic carbocycles. The summed E-state index contributed by atoms with van der Waals surface area (Å²) >= 11 is 2.94. The first kappa shape index (κ1) is 16.4. The van der Waals surface area contributed by atoms with Gasteiger partial charge in [-0.2, -0.15) is 0 Å². The van der Waals surface area contributed by atoms with E-state index in [2.05, 4.69) is 30.9 Å². The fourth-order valence-corrected chi connectivity index (χ4v) is 4.13. The molecule has 2 heterocycles. The summed E-state index contributed by atoms with van der Waals surface area (Å²) in [4.78, 5) is 17.6. The maximum atomic E-state index is 12.2. The van der Waals surface area contributed by atoms with Crippen LogP contribution in [-0.2, 0) is 0 Å². The lowest BCUT2D eigenvalue weighted by Crippen LogP contribution is -2.10. The summed E-state index contributed by atoms with van der Waals surface area (Å²) in [5.41, 5.74) is 1.51. The number of carbonyl (C=O) groups excluding carboxylic acids is 1. The molecule has 128 valence electrons. The Labute approximate surface area is 156 Å². The van der Waals surface area contributed by atoms with Gasteiger partial charge in [0.25, 0.3) is 5.91 Å². The highest BCUT2D eigenvalue weighted by Gasteiger charge is 2.10. The summed E-state index contributed by atoms with van der Waals surface area (Å²) in [6.45, 7) is 0. The molecule has 0 aliphatic heterocycles. The maximum absolute atomic E-state index is 12.2. The van der Waals surface area contributed by atoms with E-state index in [4.69, 9.17) is 0 Å². The van der Waals surface area contributed by atoms with Crippen LogP contribution in [0.2, 0.25) is 0 Å². The number of aromatic nitrogens is 5. The van der Waals surface area contributed by atoms with Crippen molar-refractivity contribution in [3.8, 4) is 11.4 Å². The Balaban J connectivity index is 1.46. The zero-order valence-corrected chi connectivity index (χ0v) is 14.9. The van der Waals surface area contributed by atoms with E-state index in [-0.39, 0.29) is 5.91 Å². The molecule has 4 aromatic rings. The van der Waals surface area contributed by atoms with Crippen LogP contribution in [0.15, 0.2) is 70.0 Å². The van der Waals surface area contributed by atoms with Crippen LogP contribution < -0.4 is 5.32 Å². The first-order valence-corrected chi connectivity index (χ1v) is 9.25. The summed E-state index contributed by atoms with van der Waals surface area (Å²) in [5, 5.41) is 17.4. The van der Waals surface area contributed by atoms with Crippen molar-refractivity contribution in [2.75, 3.05) is 5.32 Å². The summed E-state index contributed by atoms with van der Waals surface area (Å²) in [6.07, 6.45) is 1.66. The Morgan fingerprint density at radius 1 is 1.12 bits per heavy atom. The third-order valence-electron chi connectivity index (χ3n) is 3.42. The van der Waals surface area contributed by atoms with E-state index in [0.717, 1.165) is 14.8 Å². The number of H-pyrrole nitrogens is 1. The van der Waals surface area contributed by atoms with Gasteiger partial charge >= 0.3 is 0 Å². The van der Waals surface area contributed by atoms with Crippen molar-refractivity contribution in [1.82, 2.24) is 25.6 Å². The van der Waals surface area contributed by atoms with Gasteiger partial charge in [0, 0.05) is 16.0 Å². The predicted octanol–water partition coefficient (Wildman–Crippen LogP) is 3.73. The molecule has 4 rings (SSSR count). The minimum atomic E-state index is -0.148. The molecule has 2 aromatic heterocycles. The molecule has 0 atom stereocenters. The minimum absolute atomic E-state index is 0.148. The van der Waals surface area contributed by atoms with Crippen LogP contribution in [0.4, 0.5) is 5.00 Å². The SMILES string of the molecule is O=C(Nc1cnc(Sc2cccc(-c3nnn[nH]3)c2)s1)c1ccccc1. The molecule has 0 saturated carbocycles. The number of nitrogens with zero attached hydrogens (tertiary/aromatic N) is 4. The highest BCUT2D eigenvalue weighted by Crippen LogP contribution is 2.34. The van der Waals surface area contributed by atoms with Crippen molar-refractivity contribution in [3.63, 3.8) is 0 Å². The van der Waals surface area contributed by atoms with E-state index in [1.807, 2.05) is 42.5 Å². The Bertz CT molecular complexity index is 1020. The number of benzene rings is 2. The van der Waals surface area contributed by atoms with E-state index in [1.54, 1.807) is 18.3 Å². The minimum Gasteiger partial charge on any atom is -0.312 e. The first-order chi connectivity index (χ1) is 12.8. The topological polar surface area (TPSA) is 96.5 Å². The van der Waals surface area contributed by atoms with Gasteiger partial charge in [-0.1, -0.05) is 53.4 Å². The zero-order valence-electron chi connectivity index (χ0n) is 13.3. The van der Waals surface area contributed by atoms with E-state index in [1.165, 1.54) is 23.1 Å². The Hall–Kier alpha value is -3.04. The molecule has 1 amide bonds. The van der Waals surface area contributed by atoms with Gasteiger partial charge in [0.15, 0.2) is 10.2 Å². The Morgan fingerprint density at radius 2 is 2.00 bits per heavy atom. The third kappa shape index (κ3) is 3.79. The van der Waals surface area contributed by atoms with Crippen molar-refractivity contribution in [3.05, 3.63) is 66.4 Å². The first-order valence-electron chi connectivity index (χ1n) is 7.62. The highest BCUT2D eigenvalue weighted by atomic mass is 32.2. The van der Waals surface area contributed by atoms with E-state index < -0.39 is 0 Å². The largest absolute Gasteiger partial charge is 0.312 e. The molecule has 2 N–H and O–H groups in total. The highest BCUT2D eigenvalue weighted by molar-refractivity contribution is 8.01. The third-order valence-corrected chi connectivity index (χ3v) is 5.39. The number of aromatic amines is 1. The molecule has 0 radical (unpaired) electrons. The average Bonchev–Trinajstić information content (AvgIpc) is 3.35. The second-order valence-corrected chi connectivity index (χ2v) is 7.54. The second-order valence-electron chi connectivity index (χ2n) is 5.19. The smallest absolute Gasteiger partial charge is 0.256 e. The summed E-state index contributed by atoms with van der Waals surface area (Å²) in [5.74, 6) is 0.466. The molecule has 0 spiro atoms. The monoisotopic (exact) mass is 380 g/mol. The standard InChI is InChI=1S/C17H12N6OS2/c24-16(11-5-2-1-3-6-11)19-14-10-18-17(26-14)25-13-8-4-7-12(9-13)15-20-22-23-21-15/h1-10H,(H,19,24)(H,20,21,22,23). The van der Waals surface area contributed by atoms with Gasteiger partial charge < -0.3 is 5.32 Å². The van der Waals surface area contributed by atoms with Crippen LogP contribution >= 0.6 is 23.1 Å². The van der Waals surface area contributed by atoms with Gasteiger partial charge in [-0.15, -0.1) is 5.10 Å².